The summed E-state index contributed by atoms with van der Waals surface area (Å²) in [6.07, 6.45) is -0.400. The summed E-state index contributed by atoms with van der Waals surface area (Å²) in [5.41, 5.74) is 0. The third kappa shape index (κ3) is 6.76. The van der Waals surface area contributed by atoms with Crippen molar-refractivity contribution in [2.45, 2.75) is 26.4 Å². The first-order valence-corrected chi connectivity index (χ1v) is 4.33. The van der Waals surface area contributed by atoms with E-state index in [1.165, 1.54) is 0 Å². The van der Waals surface area contributed by atoms with Gasteiger partial charge in [-0.3, -0.25) is 0 Å². The monoisotopic (exact) mass is 178 g/mol. The second kappa shape index (κ2) is 7.04. The van der Waals surface area contributed by atoms with Gasteiger partial charge in [-0.1, -0.05) is 0 Å². The molecule has 5 heteroatoms. The second-order valence-corrected chi connectivity index (χ2v) is 2.71. The molecule has 0 radical (unpaired) electrons. The van der Waals surface area contributed by atoms with Crippen LogP contribution in [0.2, 0.25) is 0 Å². The number of ether oxygens (including phenoxy) is 2. The van der Waals surface area contributed by atoms with Crippen LogP contribution in [-0.4, -0.2) is 42.7 Å². The molecule has 0 rings (SSSR count). The smallest absolute Gasteiger partial charge is 1.00 e. The maximum atomic E-state index is 5.12. The van der Waals surface area contributed by atoms with Crippen molar-refractivity contribution in [3.8, 4) is 0 Å². The van der Waals surface area contributed by atoms with Gasteiger partial charge in [-0.05, 0) is 0 Å². The van der Waals surface area contributed by atoms with Crippen LogP contribution >= 0.6 is 0 Å². The Kier molecular flexibility index (Phi) is 7.28. The van der Waals surface area contributed by atoms with Gasteiger partial charge in [0.25, 0.3) is 0 Å². The van der Waals surface area contributed by atoms with E-state index in [4.69, 9.17) is 17.1 Å². The zero-order chi connectivity index (χ0) is 8.69. The maximum Gasteiger partial charge on any atom is -1.00 e. The van der Waals surface area contributed by atoms with Gasteiger partial charge in [0.05, 0.1) is 0 Å². The van der Waals surface area contributed by atoms with Gasteiger partial charge < -0.3 is 1.43 Å². The predicted molar refractivity (Wildman–Crippen MR) is 42.0 cm³/mol. The van der Waals surface area contributed by atoms with Crippen LogP contribution in [0, 0.1) is 0 Å². The summed E-state index contributed by atoms with van der Waals surface area (Å²) in [4.78, 5) is 0. The first kappa shape index (κ1) is 11.4. The standard InChI is InChI=1S/2C3H7O2.Al.H/c2*1-3(4)5-2;;/h2*3H,1-2H3;;/q2*-1;+3;-1. The molecule has 0 aromatic carbocycles. The van der Waals surface area contributed by atoms with Crippen LogP contribution in [0.3, 0.4) is 0 Å². The Labute approximate surface area is 75.6 Å². The Balaban J connectivity index is 0. The molecule has 0 aliphatic rings. The number of hydrogen-bond acceptors (Lipinski definition) is 4. The van der Waals surface area contributed by atoms with Crippen LogP contribution < -0.4 is 0 Å². The molecule has 0 heterocycles. The van der Waals surface area contributed by atoms with Gasteiger partial charge in [-0.25, -0.2) is 0 Å². The van der Waals surface area contributed by atoms with Crippen molar-refractivity contribution >= 4 is 15.9 Å². The van der Waals surface area contributed by atoms with Crippen LogP contribution in [0.1, 0.15) is 15.3 Å². The first-order chi connectivity index (χ1) is 5.20. The quantitative estimate of drug-likeness (QED) is 0.442. The number of methoxy groups -OCH3 is 2. The SMILES string of the molecule is COC(C)[O][Al+][O]C(C)OC.[H-]. The van der Waals surface area contributed by atoms with Gasteiger partial charge in [0.1, 0.15) is 0 Å². The second-order valence-electron chi connectivity index (χ2n) is 1.98. The van der Waals surface area contributed by atoms with Gasteiger partial charge in [-0.15, -0.1) is 0 Å². The molecule has 0 saturated heterocycles. The zero-order valence-electron chi connectivity index (χ0n) is 8.37. The largest absolute Gasteiger partial charge is 1.00 e. The summed E-state index contributed by atoms with van der Waals surface area (Å²) in [5.74, 6) is 0. The maximum absolute atomic E-state index is 5.12. The molecule has 0 aliphatic carbocycles. The Bertz CT molecular complexity index is 85.6. The van der Waals surface area contributed by atoms with Gasteiger partial charge in [0.2, 0.25) is 0 Å². The molecule has 0 saturated carbocycles. The van der Waals surface area contributed by atoms with Crippen molar-refractivity contribution < 1.29 is 18.5 Å². The molecule has 0 spiro atoms. The van der Waals surface area contributed by atoms with Crippen LogP contribution in [0.5, 0.6) is 0 Å². The minimum absolute atomic E-state index is 0. The van der Waals surface area contributed by atoms with E-state index in [0.717, 1.165) is 0 Å². The fourth-order valence-corrected chi connectivity index (χ4v) is 0.899. The summed E-state index contributed by atoms with van der Waals surface area (Å²) in [6, 6.07) is 0. The zero-order valence-corrected chi connectivity index (χ0v) is 8.52. The third-order valence-electron chi connectivity index (χ3n) is 1.16. The summed E-state index contributed by atoms with van der Waals surface area (Å²) in [7, 11) is 3.17. The Morgan fingerprint density at radius 3 is 1.64 bits per heavy atom. The van der Waals surface area contributed by atoms with Crippen molar-refractivity contribution in [1.82, 2.24) is 0 Å². The normalized spacial score (nSPS) is 15.6. The van der Waals surface area contributed by atoms with Gasteiger partial charge in [-0.2, -0.15) is 0 Å². The van der Waals surface area contributed by atoms with Crippen molar-refractivity contribution in [3.63, 3.8) is 0 Å². The molecule has 0 aromatic heterocycles. The van der Waals surface area contributed by atoms with Crippen LogP contribution in [-0.2, 0) is 17.1 Å². The predicted octanol–water partition coefficient (Wildman–Crippen LogP) is 0.651. The fourth-order valence-electron chi connectivity index (χ4n) is 0.300. The third-order valence-corrected chi connectivity index (χ3v) is 2.15. The molecule has 2 unspecified atom stereocenters. The summed E-state index contributed by atoms with van der Waals surface area (Å²) in [6.45, 7) is 3.63. The molecule has 0 amide bonds. The van der Waals surface area contributed by atoms with E-state index < -0.39 is 15.9 Å². The molecular formula is C6H15AlO4. The first-order valence-electron chi connectivity index (χ1n) is 3.39. The molecule has 0 N–H and O–H groups in total. The average molecular weight is 178 g/mol. The molecule has 0 aromatic rings. The van der Waals surface area contributed by atoms with E-state index in [-0.39, 0.29) is 14.0 Å². The fraction of sp³-hybridized carbons (Fsp3) is 1.00. The van der Waals surface area contributed by atoms with E-state index in [0.29, 0.717) is 0 Å². The van der Waals surface area contributed by atoms with Crippen molar-refractivity contribution in [2.75, 3.05) is 14.2 Å². The Morgan fingerprint density at radius 1 is 1.00 bits per heavy atom. The van der Waals surface area contributed by atoms with Crippen LogP contribution in [0.25, 0.3) is 0 Å². The van der Waals surface area contributed by atoms with Gasteiger partial charge >= 0.3 is 73.6 Å². The molecule has 0 fully saturated rings. The Hall–Kier alpha value is 0.372. The summed E-state index contributed by atoms with van der Waals surface area (Å²) >= 11 is -0.500. The molecule has 0 bridgehead atoms. The molecule has 66 valence electrons. The summed E-state index contributed by atoms with van der Waals surface area (Å²) < 4.78 is 19.9. The van der Waals surface area contributed by atoms with Crippen LogP contribution in [0.4, 0.5) is 0 Å². The van der Waals surface area contributed by atoms with Crippen molar-refractivity contribution in [2.24, 2.45) is 0 Å². The van der Waals surface area contributed by atoms with E-state index in [2.05, 4.69) is 0 Å². The molecule has 11 heavy (non-hydrogen) atoms. The summed E-state index contributed by atoms with van der Waals surface area (Å²) in [5, 5.41) is 0. The minimum Gasteiger partial charge on any atom is -1.00 e. The number of rotatable bonds is 6. The van der Waals surface area contributed by atoms with Crippen molar-refractivity contribution in [1.29, 1.82) is 0 Å². The van der Waals surface area contributed by atoms with E-state index in [1.807, 2.05) is 13.8 Å². The van der Waals surface area contributed by atoms with Gasteiger partial charge in [0.15, 0.2) is 0 Å². The van der Waals surface area contributed by atoms with Crippen molar-refractivity contribution in [3.05, 3.63) is 0 Å². The number of hydrogen-bond donors (Lipinski definition) is 0. The van der Waals surface area contributed by atoms with Crippen LogP contribution in [0.15, 0.2) is 0 Å². The molecule has 4 nitrogen and oxygen atoms in total. The van der Waals surface area contributed by atoms with Gasteiger partial charge in [0, 0.05) is 0 Å². The van der Waals surface area contributed by atoms with E-state index >= 15 is 0 Å². The molecule has 2 atom stereocenters. The Morgan fingerprint density at radius 2 is 1.36 bits per heavy atom. The minimum atomic E-state index is -0.500. The van der Waals surface area contributed by atoms with E-state index in [1.54, 1.807) is 14.2 Å². The molecule has 0 aliphatic heterocycles. The topological polar surface area (TPSA) is 36.9 Å². The average Bonchev–Trinajstić information content (AvgIpc) is 2.04. The molecular weight excluding hydrogens is 163 g/mol. The van der Waals surface area contributed by atoms with E-state index in [9.17, 15) is 0 Å².